The van der Waals surface area contributed by atoms with E-state index in [1.807, 2.05) is 40.9 Å². The molecule has 4 rings (SSSR count). The molecule has 26 heavy (non-hydrogen) atoms. The van der Waals surface area contributed by atoms with E-state index < -0.39 is 0 Å². The molecule has 132 valence electrons. The van der Waals surface area contributed by atoms with Gasteiger partial charge in [0.2, 0.25) is 0 Å². The van der Waals surface area contributed by atoms with Crippen LogP contribution >= 0.6 is 22.7 Å². The van der Waals surface area contributed by atoms with Gasteiger partial charge < -0.3 is 0 Å². The van der Waals surface area contributed by atoms with Gasteiger partial charge in [0.05, 0.1) is 0 Å². The van der Waals surface area contributed by atoms with Gasteiger partial charge in [-0.3, -0.25) is 4.79 Å². The van der Waals surface area contributed by atoms with Crippen LogP contribution in [-0.4, -0.2) is 5.78 Å². The highest BCUT2D eigenvalue weighted by Crippen LogP contribution is 2.50. The molecule has 3 aromatic rings. The fourth-order valence-corrected chi connectivity index (χ4v) is 6.04. The molecule has 2 aromatic heterocycles. The first-order valence-electron chi connectivity index (χ1n) is 8.93. The summed E-state index contributed by atoms with van der Waals surface area (Å²) in [6, 6.07) is 14.7. The van der Waals surface area contributed by atoms with Gasteiger partial charge in [0.25, 0.3) is 0 Å². The van der Waals surface area contributed by atoms with Crippen LogP contribution in [0.3, 0.4) is 0 Å². The lowest BCUT2D eigenvalue weighted by atomic mass is 9.87. The summed E-state index contributed by atoms with van der Waals surface area (Å²) >= 11 is 3.65. The van der Waals surface area contributed by atoms with E-state index in [4.69, 9.17) is 0 Å². The van der Waals surface area contributed by atoms with Crippen LogP contribution in [0.15, 0.2) is 42.5 Å². The second kappa shape index (κ2) is 6.64. The molecule has 0 saturated carbocycles. The van der Waals surface area contributed by atoms with Crippen LogP contribution in [0.4, 0.5) is 0 Å². The van der Waals surface area contributed by atoms with E-state index in [-0.39, 0.29) is 11.7 Å². The zero-order chi connectivity index (χ0) is 18.4. The van der Waals surface area contributed by atoms with Gasteiger partial charge >= 0.3 is 0 Å². The van der Waals surface area contributed by atoms with Crippen molar-refractivity contribution in [1.29, 1.82) is 0 Å². The number of benzene rings is 1. The Morgan fingerprint density at radius 3 is 2.12 bits per heavy atom. The van der Waals surface area contributed by atoms with Gasteiger partial charge in [0.1, 0.15) is 0 Å². The zero-order valence-electron chi connectivity index (χ0n) is 15.6. The average Bonchev–Trinajstić information content (AvgIpc) is 3.22. The Bertz CT molecular complexity index is 1020. The second-order valence-electron chi connectivity index (χ2n) is 7.03. The fraction of sp³-hybridized carbons (Fsp3) is 0.261. The van der Waals surface area contributed by atoms with Crippen molar-refractivity contribution in [2.24, 2.45) is 0 Å². The monoisotopic (exact) mass is 378 g/mol. The summed E-state index contributed by atoms with van der Waals surface area (Å²) in [4.78, 5) is 18.4. The summed E-state index contributed by atoms with van der Waals surface area (Å²) in [5.74, 6) is 0.429. The molecule has 2 heterocycles. The number of rotatable bonds is 3. The third kappa shape index (κ3) is 2.89. The quantitative estimate of drug-likeness (QED) is 0.495. The van der Waals surface area contributed by atoms with Crippen LogP contribution in [0.1, 0.15) is 48.5 Å². The highest BCUT2D eigenvalue weighted by atomic mass is 32.1. The molecule has 1 aliphatic carbocycles. The molecule has 3 heteroatoms. The van der Waals surface area contributed by atoms with Crippen LogP contribution in [-0.2, 0) is 4.79 Å². The lowest BCUT2D eigenvalue weighted by Gasteiger charge is -2.16. The smallest absolute Gasteiger partial charge is 0.164 e. The maximum absolute atomic E-state index is 13.1. The second-order valence-corrected chi connectivity index (χ2v) is 9.95. The van der Waals surface area contributed by atoms with Crippen molar-refractivity contribution in [2.45, 2.75) is 40.0 Å². The largest absolute Gasteiger partial charge is 0.294 e. The van der Waals surface area contributed by atoms with Crippen molar-refractivity contribution in [1.82, 2.24) is 0 Å². The molecule has 0 fully saturated rings. The SMILES string of the molecule is Cc1cc(C2=C(c3ccccc3)C(=O)CC2c2cc(C)sc2C)c(C)s1. The number of aryl methyl sites for hydroxylation is 4. The number of allylic oxidation sites excluding steroid dienone is 2. The number of thiophene rings is 2. The lowest BCUT2D eigenvalue weighted by Crippen LogP contribution is -1.99. The minimum absolute atomic E-state index is 0.162. The van der Waals surface area contributed by atoms with E-state index in [0.717, 1.165) is 11.1 Å². The summed E-state index contributed by atoms with van der Waals surface area (Å²) in [6.45, 7) is 8.66. The van der Waals surface area contributed by atoms with E-state index in [2.05, 4.69) is 52.0 Å². The highest BCUT2D eigenvalue weighted by molar-refractivity contribution is 7.12. The molecule has 1 atom stereocenters. The number of carbonyl (C=O) groups is 1. The Morgan fingerprint density at radius 2 is 1.54 bits per heavy atom. The number of Topliss-reactive ketones (excluding diaryl/α,β-unsaturated/α-hetero) is 1. The minimum atomic E-state index is 0.162. The molecule has 0 aliphatic heterocycles. The molecule has 0 amide bonds. The summed E-state index contributed by atoms with van der Waals surface area (Å²) in [5, 5.41) is 0. The van der Waals surface area contributed by atoms with Crippen LogP contribution in [0.25, 0.3) is 11.1 Å². The van der Waals surface area contributed by atoms with Crippen molar-refractivity contribution in [3.63, 3.8) is 0 Å². The third-order valence-electron chi connectivity index (χ3n) is 5.13. The predicted octanol–water partition coefficient (Wildman–Crippen LogP) is 6.71. The Morgan fingerprint density at radius 1 is 0.885 bits per heavy atom. The van der Waals surface area contributed by atoms with E-state index in [1.165, 1.54) is 36.2 Å². The summed E-state index contributed by atoms with van der Waals surface area (Å²) in [5.41, 5.74) is 5.77. The first-order chi connectivity index (χ1) is 12.5. The standard InChI is InChI=1S/C23H22OS2/c1-13-10-18(15(3)25-13)20-12-21(24)22(17-8-6-5-7-9-17)23(20)19-11-14(2)26-16(19)4/h5-11,20H,12H2,1-4H3. The van der Waals surface area contributed by atoms with Crippen LogP contribution in [0.5, 0.6) is 0 Å². The Kier molecular flexibility index (Phi) is 4.45. The summed E-state index contributed by atoms with van der Waals surface area (Å²) in [7, 11) is 0. The van der Waals surface area contributed by atoms with Crippen molar-refractivity contribution < 1.29 is 4.79 Å². The van der Waals surface area contributed by atoms with Crippen LogP contribution in [0.2, 0.25) is 0 Å². The van der Waals surface area contributed by atoms with Gasteiger partial charge in [-0.15, -0.1) is 22.7 Å². The van der Waals surface area contributed by atoms with Gasteiger partial charge in [-0.05, 0) is 62.1 Å². The number of carbonyl (C=O) groups excluding carboxylic acids is 1. The number of ketones is 1. The fourth-order valence-electron chi connectivity index (χ4n) is 4.12. The average molecular weight is 379 g/mol. The highest BCUT2D eigenvalue weighted by Gasteiger charge is 2.36. The predicted molar refractivity (Wildman–Crippen MR) is 113 cm³/mol. The van der Waals surface area contributed by atoms with E-state index >= 15 is 0 Å². The molecular formula is C23H22OS2. The summed E-state index contributed by atoms with van der Waals surface area (Å²) in [6.07, 6.45) is 0.574. The molecule has 0 N–H and O–H groups in total. The van der Waals surface area contributed by atoms with E-state index in [0.29, 0.717) is 6.42 Å². The van der Waals surface area contributed by atoms with Gasteiger partial charge in [-0.25, -0.2) is 0 Å². The van der Waals surface area contributed by atoms with Crippen LogP contribution < -0.4 is 0 Å². The Balaban J connectivity index is 1.99. The molecule has 1 unspecified atom stereocenters. The van der Waals surface area contributed by atoms with E-state index in [9.17, 15) is 4.79 Å². The first kappa shape index (κ1) is 17.4. The van der Waals surface area contributed by atoms with Crippen molar-refractivity contribution in [3.8, 4) is 0 Å². The maximum atomic E-state index is 13.1. The molecule has 0 spiro atoms. The van der Waals surface area contributed by atoms with Gasteiger partial charge in [-0.2, -0.15) is 0 Å². The molecule has 1 nitrogen and oxygen atoms in total. The molecule has 0 saturated heterocycles. The van der Waals surface area contributed by atoms with Crippen molar-refractivity contribution in [2.75, 3.05) is 0 Å². The molecule has 1 aromatic carbocycles. The van der Waals surface area contributed by atoms with Gasteiger partial charge in [0.15, 0.2) is 5.78 Å². The van der Waals surface area contributed by atoms with Gasteiger partial charge in [-0.1, -0.05) is 30.3 Å². The molecule has 0 bridgehead atoms. The number of hydrogen-bond acceptors (Lipinski definition) is 3. The van der Waals surface area contributed by atoms with E-state index in [1.54, 1.807) is 0 Å². The van der Waals surface area contributed by atoms with Crippen LogP contribution in [0, 0.1) is 27.7 Å². The lowest BCUT2D eigenvalue weighted by molar-refractivity contribution is -0.113. The first-order valence-corrected chi connectivity index (χ1v) is 10.6. The Labute approximate surface area is 163 Å². The van der Waals surface area contributed by atoms with Gasteiger partial charge in [0, 0.05) is 37.4 Å². The minimum Gasteiger partial charge on any atom is -0.294 e. The topological polar surface area (TPSA) is 17.1 Å². The van der Waals surface area contributed by atoms with Crippen molar-refractivity contribution >= 4 is 39.6 Å². The Hall–Kier alpha value is -1.97. The zero-order valence-corrected chi connectivity index (χ0v) is 17.2. The third-order valence-corrected chi connectivity index (χ3v) is 7.08. The maximum Gasteiger partial charge on any atom is 0.164 e. The molecular weight excluding hydrogens is 356 g/mol. The molecule has 1 aliphatic rings. The number of hydrogen-bond donors (Lipinski definition) is 0. The normalized spacial score (nSPS) is 17.4. The summed E-state index contributed by atoms with van der Waals surface area (Å²) < 4.78 is 0. The molecule has 0 radical (unpaired) electrons. The van der Waals surface area contributed by atoms with Crippen molar-refractivity contribution in [3.05, 3.63) is 78.7 Å².